The van der Waals surface area contributed by atoms with Crippen LogP contribution >= 0.6 is 0 Å². The predicted octanol–water partition coefficient (Wildman–Crippen LogP) is 8.48. The molecule has 5 unspecified atom stereocenters. The molecule has 1 heteroatoms. The van der Waals surface area contributed by atoms with Crippen LogP contribution in [0.3, 0.4) is 0 Å². The van der Waals surface area contributed by atoms with E-state index in [4.69, 9.17) is 0 Å². The summed E-state index contributed by atoms with van der Waals surface area (Å²) in [5, 5.41) is 0. The first kappa shape index (κ1) is 23.2. The maximum Gasteiger partial charge on any atom is 0.126 e. The van der Waals surface area contributed by atoms with Gasteiger partial charge >= 0.3 is 0 Å². The number of rotatable bonds is 2. The topological polar surface area (TPSA) is 17.1 Å². The SMILES string of the molecule is C=C(C)C1CC[C@]2(C=O)CC[C@]3(C)C(CCC4[C@@]5(C)CC[C@H](C)C(C)(C)C5CC[C@]43C)C12. The summed E-state index contributed by atoms with van der Waals surface area (Å²) in [7, 11) is 0. The summed E-state index contributed by atoms with van der Waals surface area (Å²) in [5.41, 5.74) is 3.01. The fourth-order valence-corrected chi connectivity index (χ4v) is 11.6. The fourth-order valence-electron chi connectivity index (χ4n) is 11.6. The van der Waals surface area contributed by atoms with E-state index in [0.717, 1.165) is 30.6 Å². The Morgan fingerprint density at radius 3 is 2.19 bits per heavy atom. The van der Waals surface area contributed by atoms with Crippen molar-refractivity contribution in [3.05, 3.63) is 12.2 Å². The van der Waals surface area contributed by atoms with Crippen LogP contribution in [0.5, 0.6) is 0 Å². The van der Waals surface area contributed by atoms with E-state index in [1.54, 1.807) is 0 Å². The minimum atomic E-state index is -0.0552. The number of carbonyl (C=O) groups is 1. The molecular weight excluding hydrogens is 388 g/mol. The second kappa shape index (κ2) is 6.97. The Kier molecular flexibility index (Phi) is 5.05. The van der Waals surface area contributed by atoms with Crippen molar-refractivity contribution in [1.29, 1.82) is 0 Å². The van der Waals surface area contributed by atoms with Gasteiger partial charge in [-0.05, 0) is 128 Å². The molecule has 0 N–H and O–H groups in total. The first-order valence-electron chi connectivity index (χ1n) is 14.0. The lowest BCUT2D eigenvalue weighted by Gasteiger charge is -2.73. The molecule has 5 aliphatic rings. The highest BCUT2D eigenvalue weighted by Crippen LogP contribution is 2.77. The van der Waals surface area contributed by atoms with E-state index in [2.05, 4.69) is 55.0 Å². The Balaban J connectivity index is 1.56. The van der Waals surface area contributed by atoms with E-state index >= 15 is 0 Å². The molecule has 5 fully saturated rings. The van der Waals surface area contributed by atoms with Crippen LogP contribution in [0.1, 0.15) is 113 Å². The van der Waals surface area contributed by atoms with Crippen LogP contribution in [0.4, 0.5) is 0 Å². The summed E-state index contributed by atoms with van der Waals surface area (Å²) >= 11 is 0. The molecule has 180 valence electrons. The molecule has 0 aliphatic heterocycles. The van der Waals surface area contributed by atoms with Crippen molar-refractivity contribution in [2.45, 2.75) is 113 Å². The second-order valence-corrected chi connectivity index (χ2v) is 14.8. The summed E-state index contributed by atoms with van der Waals surface area (Å²) in [6, 6.07) is 0. The predicted molar refractivity (Wildman–Crippen MR) is 134 cm³/mol. The minimum absolute atomic E-state index is 0.0552. The molecule has 0 radical (unpaired) electrons. The number of fused-ring (bicyclic) bond motifs is 7. The summed E-state index contributed by atoms with van der Waals surface area (Å²) in [6.45, 7) is 22.5. The summed E-state index contributed by atoms with van der Waals surface area (Å²) in [4.78, 5) is 12.6. The van der Waals surface area contributed by atoms with Crippen molar-refractivity contribution in [1.82, 2.24) is 0 Å². The molecule has 0 spiro atoms. The Labute approximate surface area is 198 Å². The van der Waals surface area contributed by atoms with Crippen molar-refractivity contribution in [2.24, 2.45) is 62.6 Å². The van der Waals surface area contributed by atoms with Gasteiger partial charge in [-0.15, -0.1) is 0 Å². The smallest absolute Gasteiger partial charge is 0.126 e. The largest absolute Gasteiger partial charge is 0.303 e. The van der Waals surface area contributed by atoms with E-state index in [1.807, 2.05) is 0 Å². The average molecular weight is 439 g/mol. The van der Waals surface area contributed by atoms with E-state index in [1.165, 1.54) is 63.2 Å². The van der Waals surface area contributed by atoms with E-state index in [0.29, 0.717) is 39.4 Å². The zero-order chi connectivity index (χ0) is 23.3. The highest BCUT2D eigenvalue weighted by atomic mass is 16.1. The maximum absolute atomic E-state index is 12.6. The summed E-state index contributed by atoms with van der Waals surface area (Å²) < 4.78 is 0. The molecule has 0 bridgehead atoms. The van der Waals surface area contributed by atoms with Gasteiger partial charge in [-0.2, -0.15) is 0 Å². The van der Waals surface area contributed by atoms with Gasteiger partial charge in [0.05, 0.1) is 0 Å². The van der Waals surface area contributed by atoms with Crippen molar-refractivity contribution in [2.75, 3.05) is 0 Å². The lowest BCUT2D eigenvalue weighted by Crippen LogP contribution is -2.66. The molecule has 10 atom stereocenters. The van der Waals surface area contributed by atoms with Gasteiger partial charge in [0.2, 0.25) is 0 Å². The lowest BCUT2D eigenvalue weighted by atomic mass is 9.32. The highest BCUT2D eigenvalue weighted by molar-refractivity contribution is 5.62. The first-order chi connectivity index (χ1) is 14.9. The van der Waals surface area contributed by atoms with Gasteiger partial charge in [-0.1, -0.05) is 53.7 Å². The zero-order valence-corrected chi connectivity index (χ0v) is 22.2. The second-order valence-electron chi connectivity index (χ2n) is 14.8. The van der Waals surface area contributed by atoms with Crippen LogP contribution < -0.4 is 0 Å². The maximum atomic E-state index is 12.6. The standard InChI is InChI=1S/C31H50O/c1-20(2)22-12-16-31(19-32)18-17-29(7)23(26(22)31)9-10-25-28(6)14-11-21(3)27(4,5)24(28)13-15-30(25,29)8/h19,21-26H,1,9-18H2,2-8H3/t21-,22?,23?,24?,25?,26?,28-,29+,30+,31+/m0/s1. The van der Waals surface area contributed by atoms with Crippen molar-refractivity contribution >= 4 is 6.29 Å². The van der Waals surface area contributed by atoms with E-state index in [-0.39, 0.29) is 5.41 Å². The molecule has 0 aromatic carbocycles. The Bertz CT molecular complexity index is 809. The van der Waals surface area contributed by atoms with Gasteiger partial charge in [-0.25, -0.2) is 0 Å². The average Bonchev–Trinajstić information content (AvgIpc) is 3.12. The number of carbonyl (C=O) groups excluding carboxylic acids is 1. The Morgan fingerprint density at radius 2 is 1.53 bits per heavy atom. The van der Waals surface area contributed by atoms with Crippen LogP contribution in [0.25, 0.3) is 0 Å². The van der Waals surface area contributed by atoms with Gasteiger partial charge in [0.25, 0.3) is 0 Å². The van der Waals surface area contributed by atoms with Crippen LogP contribution in [-0.2, 0) is 4.79 Å². The van der Waals surface area contributed by atoms with Gasteiger partial charge in [0.15, 0.2) is 0 Å². The monoisotopic (exact) mass is 438 g/mol. The van der Waals surface area contributed by atoms with Crippen LogP contribution in [0.2, 0.25) is 0 Å². The zero-order valence-electron chi connectivity index (χ0n) is 22.2. The van der Waals surface area contributed by atoms with Crippen LogP contribution in [0, 0.1) is 62.6 Å². The van der Waals surface area contributed by atoms with Crippen LogP contribution in [-0.4, -0.2) is 6.29 Å². The van der Waals surface area contributed by atoms with Crippen molar-refractivity contribution in [3.63, 3.8) is 0 Å². The normalized spacial score (nSPS) is 56.3. The molecule has 0 saturated heterocycles. The third kappa shape index (κ3) is 2.61. The van der Waals surface area contributed by atoms with E-state index in [9.17, 15) is 4.79 Å². The van der Waals surface area contributed by atoms with Gasteiger partial charge in [0.1, 0.15) is 6.29 Å². The van der Waals surface area contributed by atoms with Crippen molar-refractivity contribution < 1.29 is 4.79 Å². The summed E-state index contributed by atoms with van der Waals surface area (Å²) in [5.74, 6) is 4.35. The molecule has 5 rings (SSSR count). The van der Waals surface area contributed by atoms with Crippen LogP contribution in [0.15, 0.2) is 12.2 Å². The molecule has 0 aromatic heterocycles. The lowest BCUT2D eigenvalue weighted by molar-refractivity contribution is -0.239. The third-order valence-electron chi connectivity index (χ3n) is 13.9. The van der Waals surface area contributed by atoms with Gasteiger partial charge < -0.3 is 4.79 Å². The van der Waals surface area contributed by atoms with Gasteiger partial charge in [-0.3, -0.25) is 0 Å². The third-order valence-corrected chi connectivity index (χ3v) is 13.9. The molecule has 5 aliphatic carbocycles. The molecular formula is C31H50O. The Morgan fingerprint density at radius 1 is 0.812 bits per heavy atom. The highest BCUT2D eigenvalue weighted by Gasteiger charge is 2.70. The quantitative estimate of drug-likeness (QED) is 0.312. The number of allylic oxidation sites excluding steroid dienone is 1. The number of hydrogen-bond acceptors (Lipinski definition) is 1. The van der Waals surface area contributed by atoms with Gasteiger partial charge in [0, 0.05) is 5.41 Å². The van der Waals surface area contributed by atoms with E-state index < -0.39 is 0 Å². The molecule has 0 aromatic rings. The molecule has 1 nitrogen and oxygen atoms in total. The molecule has 5 saturated carbocycles. The molecule has 0 amide bonds. The minimum Gasteiger partial charge on any atom is -0.303 e. The summed E-state index contributed by atoms with van der Waals surface area (Å²) in [6.07, 6.45) is 14.5. The fraction of sp³-hybridized carbons (Fsp3) is 0.903. The number of aldehydes is 1. The number of hydrogen-bond donors (Lipinski definition) is 0. The first-order valence-corrected chi connectivity index (χ1v) is 14.0. The van der Waals surface area contributed by atoms with Crippen molar-refractivity contribution in [3.8, 4) is 0 Å². The molecule has 0 heterocycles. The molecule has 32 heavy (non-hydrogen) atoms. The Hall–Kier alpha value is -0.590.